The lowest BCUT2D eigenvalue weighted by Gasteiger charge is -2.24. The molecule has 0 fully saturated rings. The summed E-state index contributed by atoms with van der Waals surface area (Å²) in [7, 11) is -2.10. The predicted octanol–water partition coefficient (Wildman–Crippen LogP) is 2.99. The van der Waals surface area contributed by atoms with Gasteiger partial charge in [-0.2, -0.15) is 0 Å². The van der Waals surface area contributed by atoms with E-state index in [1.54, 1.807) is 38.3 Å². The number of carbonyl (C=O) groups is 1. The number of amides is 1. The van der Waals surface area contributed by atoms with Crippen molar-refractivity contribution >= 4 is 33.2 Å². The smallest absolute Gasteiger partial charge is 0.241 e. The van der Waals surface area contributed by atoms with Crippen LogP contribution < -0.4 is 14.4 Å². The van der Waals surface area contributed by atoms with Crippen LogP contribution in [0.1, 0.15) is 18.5 Å². The molecule has 140 valence electrons. The number of sulfonamides is 1. The van der Waals surface area contributed by atoms with Gasteiger partial charge in [-0.05, 0) is 31.2 Å². The second-order valence-electron chi connectivity index (χ2n) is 5.78. The molecule has 0 spiro atoms. The van der Waals surface area contributed by atoms with E-state index in [0.29, 0.717) is 16.5 Å². The minimum atomic E-state index is -3.65. The van der Waals surface area contributed by atoms with Crippen LogP contribution in [0.4, 0.5) is 5.69 Å². The fourth-order valence-electron chi connectivity index (χ4n) is 2.55. The summed E-state index contributed by atoms with van der Waals surface area (Å²) >= 11 is 5.94. The van der Waals surface area contributed by atoms with Crippen molar-refractivity contribution < 1.29 is 17.9 Å². The van der Waals surface area contributed by atoms with E-state index < -0.39 is 15.9 Å². The highest BCUT2D eigenvalue weighted by molar-refractivity contribution is 7.92. The highest BCUT2D eigenvalue weighted by Gasteiger charge is 2.22. The molecule has 1 N–H and O–H groups in total. The van der Waals surface area contributed by atoms with E-state index in [2.05, 4.69) is 5.32 Å². The number of nitrogens with zero attached hydrogens (tertiary/aromatic N) is 1. The molecule has 1 unspecified atom stereocenters. The number of rotatable bonds is 7. The van der Waals surface area contributed by atoms with E-state index in [9.17, 15) is 13.2 Å². The van der Waals surface area contributed by atoms with E-state index in [-0.39, 0.29) is 12.6 Å². The van der Waals surface area contributed by atoms with Crippen molar-refractivity contribution in [1.82, 2.24) is 5.32 Å². The molecule has 2 aromatic rings. The molecule has 0 saturated carbocycles. The Morgan fingerprint density at radius 3 is 2.54 bits per heavy atom. The predicted molar refractivity (Wildman–Crippen MR) is 103 cm³/mol. The number of carbonyl (C=O) groups excluding carboxylic acids is 1. The molecule has 6 nitrogen and oxygen atoms in total. The van der Waals surface area contributed by atoms with Crippen molar-refractivity contribution in [2.45, 2.75) is 13.0 Å². The Morgan fingerprint density at radius 1 is 1.23 bits per heavy atom. The highest BCUT2D eigenvalue weighted by atomic mass is 35.5. The molecule has 0 aliphatic heterocycles. The Hall–Kier alpha value is -2.25. The summed E-state index contributed by atoms with van der Waals surface area (Å²) in [6.07, 6.45) is 1.05. The zero-order valence-electron chi connectivity index (χ0n) is 14.8. The topological polar surface area (TPSA) is 75.7 Å². The first-order valence-electron chi connectivity index (χ1n) is 7.88. The third kappa shape index (κ3) is 5.12. The Kier molecular flexibility index (Phi) is 6.50. The number of nitrogens with one attached hydrogen (secondary N) is 1. The summed E-state index contributed by atoms with van der Waals surface area (Å²) in [5, 5.41) is 3.19. The van der Waals surface area contributed by atoms with Crippen molar-refractivity contribution in [3.63, 3.8) is 0 Å². The van der Waals surface area contributed by atoms with Crippen molar-refractivity contribution in [3.8, 4) is 5.75 Å². The molecule has 2 rings (SSSR count). The van der Waals surface area contributed by atoms with Crippen molar-refractivity contribution in [2.75, 3.05) is 24.2 Å². The van der Waals surface area contributed by atoms with Gasteiger partial charge in [0.05, 0.1) is 25.1 Å². The molecule has 8 heteroatoms. The summed E-state index contributed by atoms with van der Waals surface area (Å²) in [6.45, 7) is 1.46. The van der Waals surface area contributed by atoms with Gasteiger partial charge in [-0.25, -0.2) is 8.42 Å². The lowest BCUT2D eigenvalue weighted by molar-refractivity contribution is -0.120. The number of para-hydroxylation sites is 1. The maximum absolute atomic E-state index is 12.5. The van der Waals surface area contributed by atoms with Gasteiger partial charge in [0.25, 0.3) is 0 Å². The second kappa shape index (κ2) is 8.42. The molecule has 0 bridgehead atoms. The van der Waals surface area contributed by atoms with E-state index >= 15 is 0 Å². The first kappa shape index (κ1) is 20.1. The molecule has 0 saturated heterocycles. The molecule has 0 aromatic heterocycles. The van der Waals surface area contributed by atoms with Gasteiger partial charge in [0, 0.05) is 10.6 Å². The molecular formula is C18H21ClN2O4S. The maximum Gasteiger partial charge on any atom is 0.241 e. The summed E-state index contributed by atoms with van der Waals surface area (Å²) in [5.41, 5.74) is 1.14. The van der Waals surface area contributed by atoms with E-state index in [4.69, 9.17) is 16.3 Å². The fraction of sp³-hybridized carbons (Fsp3) is 0.278. The second-order valence-corrected chi connectivity index (χ2v) is 8.12. The van der Waals surface area contributed by atoms with Crippen LogP contribution in [0.2, 0.25) is 5.02 Å². The lowest BCUT2D eigenvalue weighted by atomic mass is 10.1. The van der Waals surface area contributed by atoms with Crippen molar-refractivity contribution in [3.05, 3.63) is 59.1 Å². The zero-order chi connectivity index (χ0) is 19.3. The molecule has 1 amide bonds. The number of hydrogen-bond donors (Lipinski definition) is 1. The zero-order valence-corrected chi connectivity index (χ0v) is 16.3. The minimum Gasteiger partial charge on any atom is -0.496 e. The SMILES string of the molecule is COc1ccccc1C(C)NC(=O)CN(c1cccc(Cl)c1)S(C)(=O)=O. The van der Waals surface area contributed by atoms with Gasteiger partial charge in [-0.1, -0.05) is 35.9 Å². The third-order valence-electron chi connectivity index (χ3n) is 3.77. The van der Waals surface area contributed by atoms with Gasteiger partial charge in [0.2, 0.25) is 15.9 Å². The average molecular weight is 397 g/mol. The van der Waals surface area contributed by atoms with E-state index in [1.165, 1.54) is 6.07 Å². The fourth-order valence-corrected chi connectivity index (χ4v) is 3.58. The number of methoxy groups -OCH3 is 1. The number of ether oxygens (including phenoxy) is 1. The van der Waals surface area contributed by atoms with Crippen LogP contribution >= 0.6 is 11.6 Å². The van der Waals surface area contributed by atoms with E-state index in [1.807, 2.05) is 18.2 Å². The van der Waals surface area contributed by atoms with Gasteiger partial charge < -0.3 is 10.1 Å². The van der Waals surface area contributed by atoms with Crippen molar-refractivity contribution in [2.24, 2.45) is 0 Å². The summed E-state index contributed by atoms with van der Waals surface area (Å²) in [4.78, 5) is 12.5. The number of halogens is 1. The van der Waals surface area contributed by atoms with Crippen LogP contribution in [0.3, 0.4) is 0 Å². The van der Waals surface area contributed by atoms with Crippen molar-refractivity contribution in [1.29, 1.82) is 0 Å². The Labute approximate surface area is 158 Å². The molecule has 1 atom stereocenters. The van der Waals surface area contributed by atoms with Crippen LogP contribution in [0.25, 0.3) is 0 Å². The van der Waals surface area contributed by atoms with Crippen LogP contribution in [0.5, 0.6) is 5.75 Å². The standard InChI is InChI=1S/C18H21ClN2O4S/c1-13(16-9-4-5-10-17(16)25-2)20-18(22)12-21(26(3,23)24)15-8-6-7-14(19)11-15/h4-11,13H,12H2,1-3H3,(H,20,22). The molecule has 0 aliphatic carbocycles. The van der Waals surface area contributed by atoms with Crippen LogP contribution in [-0.4, -0.2) is 34.2 Å². The van der Waals surface area contributed by atoms with Gasteiger partial charge >= 0.3 is 0 Å². The first-order chi connectivity index (χ1) is 12.2. The molecule has 26 heavy (non-hydrogen) atoms. The molecule has 2 aromatic carbocycles. The minimum absolute atomic E-state index is 0.333. The average Bonchev–Trinajstić information content (AvgIpc) is 2.58. The molecule has 0 heterocycles. The number of anilines is 1. The Balaban J connectivity index is 2.17. The quantitative estimate of drug-likeness (QED) is 0.780. The molecule has 0 radical (unpaired) electrons. The molecule has 0 aliphatic rings. The highest BCUT2D eigenvalue weighted by Crippen LogP contribution is 2.25. The summed E-state index contributed by atoms with van der Waals surface area (Å²) in [5.74, 6) is 0.212. The number of hydrogen-bond acceptors (Lipinski definition) is 4. The summed E-state index contributed by atoms with van der Waals surface area (Å²) in [6, 6.07) is 13.3. The normalized spacial score (nSPS) is 12.3. The first-order valence-corrected chi connectivity index (χ1v) is 10.1. The summed E-state index contributed by atoms with van der Waals surface area (Å²) < 4.78 is 30.5. The maximum atomic E-state index is 12.5. The van der Waals surface area contributed by atoms with Gasteiger partial charge in [0.15, 0.2) is 0 Å². The van der Waals surface area contributed by atoms with Gasteiger partial charge in [-0.15, -0.1) is 0 Å². The monoisotopic (exact) mass is 396 g/mol. The third-order valence-corrected chi connectivity index (χ3v) is 5.14. The van der Waals surface area contributed by atoms with Crippen LogP contribution in [0, 0.1) is 0 Å². The van der Waals surface area contributed by atoms with Gasteiger partial charge in [-0.3, -0.25) is 9.10 Å². The van der Waals surface area contributed by atoms with Gasteiger partial charge in [0.1, 0.15) is 12.3 Å². The Bertz CT molecular complexity index is 886. The van der Waals surface area contributed by atoms with Crippen LogP contribution in [-0.2, 0) is 14.8 Å². The molecular weight excluding hydrogens is 376 g/mol. The number of benzene rings is 2. The van der Waals surface area contributed by atoms with E-state index in [0.717, 1.165) is 16.1 Å². The largest absolute Gasteiger partial charge is 0.496 e. The Morgan fingerprint density at radius 2 is 1.92 bits per heavy atom. The van der Waals surface area contributed by atoms with Crippen LogP contribution in [0.15, 0.2) is 48.5 Å². The lowest BCUT2D eigenvalue weighted by Crippen LogP contribution is -2.41.